The molecule has 0 radical (unpaired) electrons. The summed E-state index contributed by atoms with van der Waals surface area (Å²) >= 11 is 0. The lowest BCUT2D eigenvalue weighted by Gasteiger charge is -2.16. The molecule has 4 nitrogen and oxygen atoms in total. The first-order valence-electron chi connectivity index (χ1n) is 8.03. The number of nitrogens with two attached hydrogens (primary N) is 2. The van der Waals surface area contributed by atoms with Crippen molar-refractivity contribution in [3.8, 4) is 11.1 Å². The summed E-state index contributed by atoms with van der Waals surface area (Å²) in [4.78, 5) is 12.0. The van der Waals surface area contributed by atoms with Crippen LogP contribution in [0.2, 0.25) is 0 Å². The summed E-state index contributed by atoms with van der Waals surface area (Å²) in [6.45, 7) is 0.855. The smallest absolute Gasteiger partial charge is 0.322 e. The van der Waals surface area contributed by atoms with Gasteiger partial charge in [-0.15, -0.1) is 12.4 Å². The molecule has 0 fully saturated rings. The van der Waals surface area contributed by atoms with Gasteiger partial charge in [-0.1, -0.05) is 48.5 Å². The molecule has 0 amide bonds. The molecule has 1 unspecified atom stereocenters. The first kappa shape index (κ1) is 18.5. The van der Waals surface area contributed by atoms with Crippen LogP contribution in [0, 0.1) is 0 Å². The van der Waals surface area contributed by atoms with Crippen LogP contribution in [-0.4, -0.2) is 25.2 Å². The van der Waals surface area contributed by atoms with Crippen molar-refractivity contribution in [3.63, 3.8) is 0 Å². The summed E-state index contributed by atoms with van der Waals surface area (Å²) in [7, 11) is 0. The number of rotatable bonds is 6. The maximum Gasteiger partial charge on any atom is 0.322 e. The van der Waals surface area contributed by atoms with Crippen LogP contribution in [0.5, 0.6) is 0 Å². The van der Waals surface area contributed by atoms with Crippen LogP contribution in [-0.2, 0) is 9.53 Å². The number of fused-ring (bicyclic) bond motifs is 3. The summed E-state index contributed by atoms with van der Waals surface area (Å²) in [5.41, 5.74) is 16.1. The van der Waals surface area contributed by atoms with Gasteiger partial charge in [0, 0.05) is 5.92 Å². The second kappa shape index (κ2) is 8.29. The van der Waals surface area contributed by atoms with Gasteiger partial charge >= 0.3 is 5.97 Å². The van der Waals surface area contributed by atoms with Gasteiger partial charge in [-0.05, 0) is 41.6 Å². The Kier molecular flexibility index (Phi) is 6.37. The maximum absolute atomic E-state index is 12.0. The number of hydrogen-bond donors (Lipinski definition) is 2. The average molecular weight is 347 g/mol. The van der Waals surface area contributed by atoms with E-state index in [1.807, 2.05) is 24.3 Å². The summed E-state index contributed by atoms with van der Waals surface area (Å²) in [5, 5.41) is 0. The zero-order chi connectivity index (χ0) is 16.2. The van der Waals surface area contributed by atoms with Crippen molar-refractivity contribution in [2.24, 2.45) is 11.5 Å². The first-order chi connectivity index (χ1) is 11.2. The van der Waals surface area contributed by atoms with Crippen LogP contribution in [0.15, 0.2) is 48.5 Å². The molecule has 0 bridgehead atoms. The molecule has 2 aromatic carbocycles. The minimum absolute atomic E-state index is 0. The molecule has 24 heavy (non-hydrogen) atoms. The van der Waals surface area contributed by atoms with Gasteiger partial charge in [-0.3, -0.25) is 4.79 Å². The highest BCUT2D eigenvalue weighted by Crippen LogP contribution is 2.44. The maximum atomic E-state index is 12.0. The average Bonchev–Trinajstić information content (AvgIpc) is 2.91. The lowest BCUT2D eigenvalue weighted by Crippen LogP contribution is -2.33. The van der Waals surface area contributed by atoms with Crippen LogP contribution in [0.3, 0.4) is 0 Å². The predicted molar refractivity (Wildman–Crippen MR) is 98.2 cm³/mol. The largest absolute Gasteiger partial charge is 0.464 e. The van der Waals surface area contributed by atoms with E-state index in [0.29, 0.717) is 19.6 Å². The third-order valence-corrected chi connectivity index (χ3v) is 4.38. The van der Waals surface area contributed by atoms with Gasteiger partial charge in [0.25, 0.3) is 0 Å². The van der Waals surface area contributed by atoms with Gasteiger partial charge in [0.05, 0.1) is 0 Å². The highest BCUT2D eigenvalue weighted by atomic mass is 35.5. The first-order valence-corrected chi connectivity index (χ1v) is 8.03. The number of benzene rings is 2. The monoisotopic (exact) mass is 346 g/mol. The SMILES string of the molecule is Cl.NCCCC(N)C(=O)OCC1c2ccccc2-c2ccccc21. The lowest BCUT2D eigenvalue weighted by molar-refractivity contribution is -0.145. The van der Waals surface area contributed by atoms with Crippen LogP contribution in [0.25, 0.3) is 11.1 Å². The Morgan fingerprint density at radius 2 is 1.58 bits per heavy atom. The van der Waals surface area contributed by atoms with Crippen molar-refractivity contribution >= 4 is 18.4 Å². The number of halogens is 1. The normalized spacial score (nSPS) is 13.6. The van der Waals surface area contributed by atoms with Crippen molar-refractivity contribution in [2.45, 2.75) is 24.8 Å². The molecule has 2 aromatic rings. The van der Waals surface area contributed by atoms with E-state index in [0.717, 1.165) is 6.42 Å². The summed E-state index contributed by atoms with van der Waals surface area (Å²) in [6, 6.07) is 15.9. The second-order valence-electron chi connectivity index (χ2n) is 5.89. The van der Waals surface area contributed by atoms with Gasteiger partial charge in [0.2, 0.25) is 0 Å². The molecule has 5 heteroatoms. The van der Waals surface area contributed by atoms with Crippen LogP contribution >= 0.6 is 12.4 Å². The van der Waals surface area contributed by atoms with Gasteiger partial charge in [-0.2, -0.15) is 0 Å². The quantitative estimate of drug-likeness (QED) is 0.788. The van der Waals surface area contributed by atoms with Gasteiger partial charge in [-0.25, -0.2) is 0 Å². The molecular weight excluding hydrogens is 324 g/mol. The van der Waals surface area contributed by atoms with E-state index in [-0.39, 0.29) is 24.3 Å². The third kappa shape index (κ3) is 3.61. The van der Waals surface area contributed by atoms with E-state index in [2.05, 4.69) is 24.3 Å². The highest BCUT2D eigenvalue weighted by molar-refractivity contribution is 5.85. The van der Waals surface area contributed by atoms with Gasteiger partial charge < -0.3 is 16.2 Å². The topological polar surface area (TPSA) is 78.3 Å². The Bertz CT molecular complexity index is 660. The fourth-order valence-corrected chi connectivity index (χ4v) is 3.17. The van der Waals surface area contributed by atoms with E-state index in [9.17, 15) is 4.79 Å². The molecule has 1 aliphatic rings. The van der Waals surface area contributed by atoms with Crippen molar-refractivity contribution in [1.29, 1.82) is 0 Å². The molecule has 1 aliphatic carbocycles. The minimum atomic E-state index is -0.592. The molecule has 0 spiro atoms. The number of carbonyl (C=O) groups is 1. The van der Waals surface area contributed by atoms with E-state index in [1.165, 1.54) is 22.3 Å². The molecular formula is C19H23ClN2O2. The highest BCUT2D eigenvalue weighted by Gasteiger charge is 2.29. The molecule has 1 atom stereocenters. The standard InChI is InChI=1S/C19H22N2O2.ClH/c20-11-5-10-18(21)19(22)23-12-17-15-8-3-1-6-13(15)14-7-2-4-9-16(14)17;/h1-4,6-9,17-18H,5,10-12,20-21H2;1H. The zero-order valence-electron chi connectivity index (χ0n) is 13.5. The molecule has 128 valence electrons. The van der Waals surface area contributed by atoms with Crippen LogP contribution in [0.1, 0.15) is 29.9 Å². The number of ether oxygens (including phenoxy) is 1. The number of esters is 1. The van der Waals surface area contributed by atoms with Gasteiger partial charge in [0.15, 0.2) is 0 Å². The minimum Gasteiger partial charge on any atom is -0.464 e. The molecule has 0 aliphatic heterocycles. The Hall–Kier alpha value is -1.88. The van der Waals surface area contributed by atoms with Crippen LogP contribution < -0.4 is 11.5 Å². The van der Waals surface area contributed by atoms with Crippen LogP contribution in [0.4, 0.5) is 0 Å². The molecule has 0 heterocycles. The number of carbonyl (C=O) groups excluding carboxylic acids is 1. The fourth-order valence-electron chi connectivity index (χ4n) is 3.17. The molecule has 0 saturated heterocycles. The molecule has 0 aromatic heterocycles. The van der Waals surface area contributed by atoms with E-state index < -0.39 is 6.04 Å². The van der Waals surface area contributed by atoms with Crippen molar-refractivity contribution in [2.75, 3.05) is 13.2 Å². The number of hydrogen-bond acceptors (Lipinski definition) is 4. The fraction of sp³-hybridized carbons (Fsp3) is 0.316. The Morgan fingerprint density at radius 1 is 1.04 bits per heavy atom. The molecule has 0 saturated carbocycles. The predicted octanol–water partition coefficient (Wildman–Crippen LogP) is 2.83. The van der Waals surface area contributed by atoms with Crippen molar-refractivity contribution in [1.82, 2.24) is 0 Å². The van der Waals surface area contributed by atoms with Crippen molar-refractivity contribution in [3.05, 3.63) is 59.7 Å². The second-order valence-corrected chi connectivity index (χ2v) is 5.89. The van der Waals surface area contributed by atoms with Gasteiger partial charge in [0.1, 0.15) is 12.6 Å². The zero-order valence-corrected chi connectivity index (χ0v) is 14.3. The summed E-state index contributed by atoms with van der Waals surface area (Å²) in [6.07, 6.45) is 1.29. The van der Waals surface area contributed by atoms with E-state index in [1.54, 1.807) is 0 Å². The Labute approximate surface area is 148 Å². The Balaban J connectivity index is 0.00000208. The van der Waals surface area contributed by atoms with E-state index in [4.69, 9.17) is 16.2 Å². The summed E-state index contributed by atoms with van der Waals surface area (Å²) in [5.74, 6) is -0.270. The summed E-state index contributed by atoms with van der Waals surface area (Å²) < 4.78 is 5.49. The Morgan fingerprint density at radius 3 is 2.12 bits per heavy atom. The molecule has 3 rings (SSSR count). The van der Waals surface area contributed by atoms with E-state index >= 15 is 0 Å². The lowest BCUT2D eigenvalue weighted by atomic mass is 9.98. The third-order valence-electron chi connectivity index (χ3n) is 4.38. The van der Waals surface area contributed by atoms with Crippen molar-refractivity contribution < 1.29 is 9.53 Å². The molecule has 4 N–H and O–H groups in total.